The molecule has 0 radical (unpaired) electrons. The monoisotopic (exact) mass is 294 g/mol. The molecule has 0 saturated heterocycles. The van der Waals surface area contributed by atoms with E-state index in [2.05, 4.69) is 20.0 Å². The maximum Gasteiger partial charge on any atom is 0.425 e. The fourth-order valence-corrected chi connectivity index (χ4v) is 1.22. The second-order valence-corrected chi connectivity index (χ2v) is 3.86. The van der Waals surface area contributed by atoms with Gasteiger partial charge in [0, 0.05) is 6.54 Å². The van der Waals surface area contributed by atoms with E-state index in [0.29, 0.717) is 13.0 Å². The number of anilines is 1. The molecule has 0 saturated carbocycles. The Hall–Kier alpha value is -2.13. The van der Waals surface area contributed by atoms with Crippen LogP contribution >= 0.6 is 0 Å². The van der Waals surface area contributed by atoms with Crippen LogP contribution in [0.4, 0.5) is 24.7 Å². The van der Waals surface area contributed by atoms with Gasteiger partial charge in [-0.1, -0.05) is 6.92 Å². The molecular weight excluding hydrogens is 281 g/mol. The predicted molar refractivity (Wildman–Crippen MR) is 63.6 cm³/mol. The van der Waals surface area contributed by atoms with Crippen LogP contribution in [0, 0.1) is 10.1 Å². The number of hydrogen-bond acceptors (Lipinski definition) is 6. The molecule has 112 valence electrons. The maximum atomic E-state index is 12.4. The molecule has 0 spiro atoms. The van der Waals surface area contributed by atoms with Gasteiger partial charge in [0.1, 0.15) is 6.33 Å². The molecule has 0 bridgehead atoms. The standard InChI is InChI=1S/C10H13F3N4O3/c1-3-4-14-8-7(17(18)19)9(16-5-15-8)20-6(2)10(11,12)13/h5-6H,3-4H2,1-2H3,(H,14,15,16). The van der Waals surface area contributed by atoms with Crippen LogP contribution in [0.5, 0.6) is 5.88 Å². The van der Waals surface area contributed by atoms with Gasteiger partial charge in [-0.25, -0.2) is 4.98 Å². The summed E-state index contributed by atoms with van der Waals surface area (Å²) >= 11 is 0. The van der Waals surface area contributed by atoms with Crippen LogP contribution in [0.3, 0.4) is 0 Å². The quantitative estimate of drug-likeness (QED) is 0.640. The van der Waals surface area contributed by atoms with Gasteiger partial charge in [0.05, 0.1) is 4.92 Å². The zero-order valence-corrected chi connectivity index (χ0v) is 10.8. The van der Waals surface area contributed by atoms with E-state index in [4.69, 9.17) is 0 Å². The molecule has 10 heteroatoms. The van der Waals surface area contributed by atoms with Crippen molar-refractivity contribution >= 4 is 11.5 Å². The van der Waals surface area contributed by atoms with Gasteiger partial charge in [0.2, 0.25) is 5.82 Å². The summed E-state index contributed by atoms with van der Waals surface area (Å²) in [5.74, 6) is -0.885. The number of alkyl halides is 3. The Morgan fingerprint density at radius 3 is 2.65 bits per heavy atom. The summed E-state index contributed by atoms with van der Waals surface area (Å²) < 4.78 is 41.8. The van der Waals surface area contributed by atoms with Crippen LogP contribution in [-0.4, -0.2) is 33.7 Å². The summed E-state index contributed by atoms with van der Waals surface area (Å²) in [6.07, 6.45) is -5.29. The zero-order chi connectivity index (χ0) is 15.3. The summed E-state index contributed by atoms with van der Waals surface area (Å²) in [5.41, 5.74) is -0.711. The van der Waals surface area contributed by atoms with Crippen molar-refractivity contribution in [3.05, 3.63) is 16.4 Å². The lowest BCUT2D eigenvalue weighted by molar-refractivity contribution is -0.386. The number of rotatable bonds is 6. The van der Waals surface area contributed by atoms with Crippen LogP contribution in [0.1, 0.15) is 20.3 Å². The van der Waals surface area contributed by atoms with Gasteiger partial charge in [-0.2, -0.15) is 18.2 Å². The third kappa shape index (κ3) is 3.93. The molecule has 1 atom stereocenters. The number of aromatic nitrogens is 2. The van der Waals surface area contributed by atoms with Crippen molar-refractivity contribution < 1.29 is 22.8 Å². The molecule has 1 heterocycles. The number of nitrogens with zero attached hydrogens (tertiary/aromatic N) is 3. The van der Waals surface area contributed by atoms with Crippen molar-refractivity contribution in [2.24, 2.45) is 0 Å². The summed E-state index contributed by atoms with van der Waals surface area (Å²) in [6, 6.07) is 0. The van der Waals surface area contributed by atoms with Gasteiger partial charge < -0.3 is 10.1 Å². The minimum absolute atomic E-state index is 0.170. The second kappa shape index (κ2) is 6.35. The molecule has 0 fully saturated rings. The zero-order valence-electron chi connectivity index (χ0n) is 10.8. The minimum Gasteiger partial charge on any atom is -0.460 e. The van der Waals surface area contributed by atoms with E-state index in [1.165, 1.54) is 0 Å². The van der Waals surface area contributed by atoms with Crippen molar-refractivity contribution in [2.75, 3.05) is 11.9 Å². The first kappa shape index (κ1) is 15.9. The Bertz CT molecular complexity index is 481. The minimum atomic E-state index is -4.64. The van der Waals surface area contributed by atoms with E-state index in [-0.39, 0.29) is 5.82 Å². The molecule has 1 rings (SSSR count). The van der Waals surface area contributed by atoms with Gasteiger partial charge in [0.25, 0.3) is 5.88 Å². The number of halogens is 3. The highest BCUT2D eigenvalue weighted by molar-refractivity contribution is 5.61. The average molecular weight is 294 g/mol. The van der Waals surface area contributed by atoms with Gasteiger partial charge in [0.15, 0.2) is 6.10 Å². The largest absolute Gasteiger partial charge is 0.460 e. The number of ether oxygens (including phenoxy) is 1. The molecule has 0 amide bonds. The number of nitro groups is 1. The first-order valence-corrected chi connectivity index (χ1v) is 5.74. The Labute approximate surface area is 112 Å². The van der Waals surface area contributed by atoms with Crippen LogP contribution in [0.2, 0.25) is 0 Å². The van der Waals surface area contributed by atoms with Crippen molar-refractivity contribution in [3.63, 3.8) is 0 Å². The molecule has 0 aliphatic heterocycles. The fourth-order valence-electron chi connectivity index (χ4n) is 1.22. The lowest BCUT2D eigenvalue weighted by Gasteiger charge is -2.17. The lowest BCUT2D eigenvalue weighted by atomic mass is 10.4. The molecule has 1 N–H and O–H groups in total. The summed E-state index contributed by atoms with van der Waals surface area (Å²) in [4.78, 5) is 17.1. The third-order valence-electron chi connectivity index (χ3n) is 2.26. The van der Waals surface area contributed by atoms with Crippen LogP contribution in [0.25, 0.3) is 0 Å². The van der Waals surface area contributed by atoms with E-state index in [0.717, 1.165) is 13.3 Å². The van der Waals surface area contributed by atoms with E-state index >= 15 is 0 Å². The molecule has 1 aromatic rings. The Balaban J connectivity index is 3.09. The molecule has 0 aromatic carbocycles. The molecule has 1 aromatic heterocycles. The first-order valence-electron chi connectivity index (χ1n) is 5.74. The Morgan fingerprint density at radius 2 is 2.15 bits per heavy atom. The summed E-state index contributed by atoms with van der Waals surface area (Å²) in [6.45, 7) is 2.94. The van der Waals surface area contributed by atoms with E-state index < -0.39 is 28.8 Å². The van der Waals surface area contributed by atoms with Gasteiger partial charge in [-0.15, -0.1) is 0 Å². The topological polar surface area (TPSA) is 90.2 Å². The van der Waals surface area contributed by atoms with Crippen molar-refractivity contribution in [1.82, 2.24) is 9.97 Å². The van der Waals surface area contributed by atoms with Crippen LogP contribution in [0.15, 0.2) is 6.33 Å². The van der Waals surface area contributed by atoms with Gasteiger partial charge in [-0.3, -0.25) is 10.1 Å². The second-order valence-electron chi connectivity index (χ2n) is 3.86. The van der Waals surface area contributed by atoms with Gasteiger partial charge in [-0.05, 0) is 13.3 Å². The molecule has 20 heavy (non-hydrogen) atoms. The summed E-state index contributed by atoms with van der Waals surface area (Å²) in [5, 5.41) is 13.6. The molecule has 0 aliphatic carbocycles. The molecular formula is C10H13F3N4O3. The Morgan fingerprint density at radius 1 is 1.50 bits per heavy atom. The molecule has 1 unspecified atom stereocenters. The normalized spacial score (nSPS) is 12.8. The first-order chi connectivity index (χ1) is 9.27. The van der Waals surface area contributed by atoms with Crippen molar-refractivity contribution in [1.29, 1.82) is 0 Å². The highest BCUT2D eigenvalue weighted by Gasteiger charge is 2.40. The van der Waals surface area contributed by atoms with Crippen molar-refractivity contribution in [2.45, 2.75) is 32.5 Å². The smallest absolute Gasteiger partial charge is 0.425 e. The van der Waals surface area contributed by atoms with Crippen molar-refractivity contribution in [3.8, 4) is 5.88 Å². The van der Waals surface area contributed by atoms with E-state index in [1.54, 1.807) is 0 Å². The van der Waals surface area contributed by atoms with E-state index in [9.17, 15) is 23.3 Å². The number of nitrogens with one attached hydrogen (secondary N) is 1. The van der Waals surface area contributed by atoms with Crippen LogP contribution < -0.4 is 10.1 Å². The summed E-state index contributed by atoms with van der Waals surface area (Å²) in [7, 11) is 0. The van der Waals surface area contributed by atoms with E-state index in [1.807, 2.05) is 6.92 Å². The fraction of sp³-hybridized carbons (Fsp3) is 0.600. The predicted octanol–water partition coefficient (Wildman–Crippen LogP) is 2.54. The average Bonchev–Trinajstić information content (AvgIpc) is 2.34. The lowest BCUT2D eigenvalue weighted by Crippen LogP contribution is -2.31. The third-order valence-corrected chi connectivity index (χ3v) is 2.26. The highest BCUT2D eigenvalue weighted by Crippen LogP contribution is 2.33. The SMILES string of the molecule is CCCNc1ncnc(OC(C)C(F)(F)F)c1[N+](=O)[O-]. The van der Waals surface area contributed by atoms with Gasteiger partial charge >= 0.3 is 11.9 Å². The highest BCUT2D eigenvalue weighted by atomic mass is 19.4. The molecule has 0 aliphatic rings. The molecule has 7 nitrogen and oxygen atoms in total. The van der Waals surface area contributed by atoms with Crippen LogP contribution in [-0.2, 0) is 0 Å². The number of hydrogen-bond donors (Lipinski definition) is 1. The Kier molecular flexibility index (Phi) is 5.06. The maximum absolute atomic E-state index is 12.4.